The van der Waals surface area contributed by atoms with E-state index in [4.69, 9.17) is 9.72 Å². The number of carbonyl (C=O) groups excluding carboxylic acids is 1. The van der Waals surface area contributed by atoms with Crippen LogP contribution in [0.4, 0.5) is 4.39 Å². The van der Waals surface area contributed by atoms with Crippen LogP contribution in [-0.2, 0) is 11.2 Å². The Bertz CT molecular complexity index is 1090. The van der Waals surface area contributed by atoms with E-state index in [9.17, 15) is 9.18 Å². The van der Waals surface area contributed by atoms with Gasteiger partial charge in [-0.1, -0.05) is 101 Å². The van der Waals surface area contributed by atoms with E-state index in [-0.39, 0.29) is 6.42 Å². The lowest BCUT2D eigenvalue weighted by molar-refractivity contribution is -0.147. The maximum atomic E-state index is 15.0. The first-order valence-electron chi connectivity index (χ1n) is 14.0. The zero-order valence-corrected chi connectivity index (χ0v) is 22.8. The molecule has 0 spiro atoms. The molecule has 0 bridgehead atoms. The van der Waals surface area contributed by atoms with Crippen LogP contribution in [0.2, 0.25) is 0 Å². The van der Waals surface area contributed by atoms with Crippen LogP contribution in [0.15, 0.2) is 66.9 Å². The fourth-order valence-electron chi connectivity index (χ4n) is 4.52. The maximum absolute atomic E-state index is 15.0. The third-order valence-corrected chi connectivity index (χ3v) is 6.90. The van der Waals surface area contributed by atoms with Crippen molar-refractivity contribution in [2.24, 2.45) is 0 Å². The van der Waals surface area contributed by atoms with E-state index in [0.717, 1.165) is 41.6 Å². The number of carbonyl (C=O) groups is 1. The fraction of sp³-hybridized carbons (Fsp3) is 0.455. The topological polar surface area (TPSA) is 39.2 Å². The molecule has 198 valence electrons. The molecule has 0 aliphatic carbocycles. The summed E-state index contributed by atoms with van der Waals surface area (Å²) in [6.45, 7) is 5.71. The van der Waals surface area contributed by atoms with E-state index in [0.29, 0.717) is 12.2 Å². The Morgan fingerprint density at radius 3 is 2.14 bits per heavy atom. The molecule has 3 aromatic rings. The molecule has 0 aliphatic heterocycles. The molecular formula is C33H42FNO2. The Labute approximate surface area is 222 Å². The fourth-order valence-corrected chi connectivity index (χ4v) is 4.52. The SMILES string of the molecule is CCCCCCCCC(C)(F)C(=O)Oc1ccc(-c2ccccc2-c2ccc(CCCCC)cn2)cc1. The Morgan fingerprint density at radius 2 is 1.46 bits per heavy atom. The van der Waals surface area contributed by atoms with Crippen LogP contribution in [0, 0.1) is 0 Å². The van der Waals surface area contributed by atoms with Gasteiger partial charge in [0.15, 0.2) is 0 Å². The van der Waals surface area contributed by atoms with Gasteiger partial charge in [-0.15, -0.1) is 0 Å². The molecule has 0 saturated carbocycles. The number of halogens is 1. The van der Waals surface area contributed by atoms with E-state index in [1.165, 1.54) is 51.0 Å². The van der Waals surface area contributed by atoms with Gasteiger partial charge < -0.3 is 4.74 Å². The van der Waals surface area contributed by atoms with Crippen LogP contribution in [0.1, 0.15) is 90.5 Å². The summed E-state index contributed by atoms with van der Waals surface area (Å²) in [6.07, 6.45) is 13.1. The number of alkyl halides is 1. The Balaban J connectivity index is 1.63. The second kappa shape index (κ2) is 14.7. The van der Waals surface area contributed by atoms with Crippen LogP contribution >= 0.6 is 0 Å². The van der Waals surface area contributed by atoms with Crippen molar-refractivity contribution in [1.29, 1.82) is 0 Å². The smallest absolute Gasteiger partial charge is 0.348 e. The molecule has 0 radical (unpaired) electrons. The van der Waals surface area contributed by atoms with E-state index in [2.05, 4.69) is 38.1 Å². The van der Waals surface area contributed by atoms with Gasteiger partial charge in [-0.2, -0.15) is 0 Å². The van der Waals surface area contributed by atoms with Crippen molar-refractivity contribution in [3.05, 3.63) is 72.4 Å². The molecule has 4 heteroatoms. The first-order valence-corrected chi connectivity index (χ1v) is 14.0. The molecule has 1 aromatic heterocycles. The van der Waals surface area contributed by atoms with Gasteiger partial charge in [0.1, 0.15) is 5.75 Å². The Hall–Kier alpha value is -3.01. The molecular weight excluding hydrogens is 461 g/mol. The van der Waals surface area contributed by atoms with Gasteiger partial charge in [-0.25, -0.2) is 9.18 Å². The molecule has 1 unspecified atom stereocenters. The van der Waals surface area contributed by atoms with Crippen molar-refractivity contribution in [3.63, 3.8) is 0 Å². The number of rotatable bonds is 15. The van der Waals surface area contributed by atoms with Crippen LogP contribution < -0.4 is 4.74 Å². The molecule has 37 heavy (non-hydrogen) atoms. The van der Waals surface area contributed by atoms with Gasteiger partial charge in [0.2, 0.25) is 5.67 Å². The van der Waals surface area contributed by atoms with Crippen molar-refractivity contribution in [1.82, 2.24) is 4.98 Å². The lowest BCUT2D eigenvalue weighted by Crippen LogP contribution is -2.34. The highest BCUT2D eigenvalue weighted by Crippen LogP contribution is 2.32. The first kappa shape index (κ1) is 28.6. The standard InChI is InChI=1S/C33H42FNO2/c1-4-6-8-9-10-14-24-33(3,34)32(36)37-28-21-19-27(20-22-28)29-16-12-13-17-30(29)31-23-18-26(25-35-31)15-11-7-5-2/h12-13,16-23,25H,4-11,14-15,24H2,1-3H3. The van der Waals surface area contributed by atoms with Crippen LogP contribution in [0.3, 0.4) is 0 Å². The molecule has 0 amide bonds. The molecule has 2 aromatic carbocycles. The highest BCUT2D eigenvalue weighted by atomic mass is 19.1. The Morgan fingerprint density at radius 1 is 0.811 bits per heavy atom. The third kappa shape index (κ3) is 8.80. The maximum Gasteiger partial charge on any atom is 0.348 e. The van der Waals surface area contributed by atoms with Gasteiger partial charge in [0.25, 0.3) is 0 Å². The highest BCUT2D eigenvalue weighted by Gasteiger charge is 2.34. The lowest BCUT2D eigenvalue weighted by atomic mass is 9.97. The summed E-state index contributed by atoms with van der Waals surface area (Å²) in [7, 11) is 0. The largest absolute Gasteiger partial charge is 0.424 e. The predicted octanol–water partition coefficient (Wildman–Crippen LogP) is 9.53. The molecule has 0 fully saturated rings. The predicted molar refractivity (Wildman–Crippen MR) is 151 cm³/mol. The van der Waals surface area contributed by atoms with Gasteiger partial charge >= 0.3 is 5.97 Å². The average molecular weight is 504 g/mol. The molecule has 0 saturated heterocycles. The normalized spacial score (nSPS) is 12.8. The van der Waals surface area contributed by atoms with Crippen LogP contribution in [0.25, 0.3) is 22.4 Å². The van der Waals surface area contributed by atoms with E-state index in [1.54, 1.807) is 12.1 Å². The zero-order valence-electron chi connectivity index (χ0n) is 22.8. The van der Waals surface area contributed by atoms with Crippen molar-refractivity contribution in [2.45, 2.75) is 97.1 Å². The molecule has 3 nitrogen and oxygen atoms in total. The number of aromatic nitrogens is 1. The van der Waals surface area contributed by atoms with E-state index in [1.807, 2.05) is 30.5 Å². The summed E-state index contributed by atoms with van der Waals surface area (Å²) in [5, 5.41) is 0. The summed E-state index contributed by atoms with van der Waals surface area (Å²) >= 11 is 0. The van der Waals surface area contributed by atoms with Gasteiger partial charge in [-0.3, -0.25) is 4.98 Å². The molecule has 1 atom stereocenters. The third-order valence-electron chi connectivity index (χ3n) is 6.90. The second-order valence-corrected chi connectivity index (χ2v) is 10.2. The highest BCUT2D eigenvalue weighted by molar-refractivity contribution is 5.83. The number of pyridine rings is 1. The van der Waals surface area contributed by atoms with Crippen molar-refractivity contribution < 1.29 is 13.9 Å². The van der Waals surface area contributed by atoms with Gasteiger partial charge in [0.05, 0.1) is 5.69 Å². The number of benzene rings is 2. The summed E-state index contributed by atoms with van der Waals surface area (Å²) in [6, 6.07) is 19.7. The minimum absolute atomic E-state index is 0.188. The van der Waals surface area contributed by atoms with Crippen LogP contribution in [-0.4, -0.2) is 16.6 Å². The lowest BCUT2D eigenvalue weighted by Gasteiger charge is -2.18. The number of hydrogen-bond donors (Lipinski definition) is 0. The minimum Gasteiger partial charge on any atom is -0.424 e. The summed E-state index contributed by atoms with van der Waals surface area (Å²) in [4.78, 5) is 17.2. The summed E-state index contributed by atoms with van der Waals surface area (Å²) < 4.78 is 20.4. The number of aryl methyl sites for hydroxylation is 1. The quantitative estimate of drug-likeness (QED) is 0.118. The number of esters is 1. The second-order valence-electron chi connectivity index (χ2n) is 10.2. The van der Waals surface area contributed by atoms with Crippen molar-refractivity contribution in [2.75, 3.05) is 0 Å². The van der Waals surface area contributed by atoms with Crippen molar-refractivity contribution >= 4 is 5.97 Å². The summed E-state index contributed by atoms with van der Waals surface area (Å²) in [5.74, 6) is -0.468. The molecule has 3 rings (SSSR count). The monoisotopic (exact) mass is 503 g/mol. The number of unbranched alkanes of at least 4 members (excludes halogenated alkanes) is 7. The van der Waals surface area contributed by atoms with Crippen molar-refractivity contribution in [3.8, 4) is 28.1 Å². The first-order chi connectivity index (χ1) is 17.9. The van der Waals surface area contributed by atoms with Gasteiger partial charge in [0, 0.05) is 11.8 Å². The average Bonchev–Trinajstić information content (AvgIpc) is 2.91. The van der Waals surface area contributed by atoms with Gasteiger partial charge in [-0.05, 0) is 67.5 Å². The van der Waals surface area contributed by atoms with E-state index < -0.39 is 11.6 Å². The van der Waals surface area contributed by atoms with E-state index >= 15 is 0 Å². The molecule has 0 aliphatic rings. The molecule has 1 heterocycles. The minimum atomic E-state index is -1.98. The Kier molecular flexibility index (Phi) is 11.3. The molecule has 0 N–H and O–H groups in total. The number of hydrogen-bond acceptors (Lipinski definition) is 3. The number of nitrogens with zero attached hydrogens (tertiary/aromatic N) is 1. The summed E-state index contributed by atoms with van der Waals surface area (Å²) in [5.41, 5.74) is 3.28. The number of ether oxygens (including phenoxy) is 1. The van der Waals surface area contributed by atoms with Crippen LogP contribution in [0.5, 0.6) is 5.75 Å². The zero-order chi connectivity index (χ0) is 26.5.